The Balaban J connectivity index is 1.66. The molecular formula is C15H16N2O2. The van der Waals surface area contributed by atoms with Gasteiger partial charge in [-0.2, -0.15) is 5.10 Å². The van der Waals surface area contributed by atoms with Crippen molar-refractivity contribution in [2.75, 3.05) is 0 Å². The number of carbonyl (C=O) groups is 1. The summed E-state index contributed by atoms with van der Waals surface area (Å²) in [6, 6.07) is 9.77. The molecule has 1 N–H and O–H groups in total. The fourth-order valence-electron chi connectivity index (χ4n) is 2.19. The molecule has 2 aromatic rings. The highest BCUT2D eigenvalue weighted by molar-refractivity contribution is 5.70. The van der Waals surface area contributed by atoms with Crippen molar-refractivity contribution in [2.24, 2.45) is 0 Å². The van der Waals surface area contributed by atoms with Crippen molar-refractivity contribution in [1.29, 1.82) is 0 Å². The number of aliphatic carboxylic acids is 1. The zero-order valence-electron chi connectivity index (χ0n) is 10.6. The molecule has 0 bridgehead atoms. The van der Waals surface area contributed by atoms with Gasteiger partial charge in [-0.1, -0.05) is 24.3 Å². The van der Waals surface area contributed by atoms with Gasteiger partial charge in [-0.25, -0.2) is 0 Å². The molecule has 19 heavy (non-hydrogen) atoms. The van der Waals surface area contributed by atoms with Crippen LogP contribution in [-0.4, -0.2) is 20.9 Å². The summed E-state index contributed by atoms with van der Waals surface area (Å²) >= 11 is 0. The van der Waals surface area contributed by atoms with Crippen LogP contribution in [0.15, 0.2) is 36.5 Å². The standard InChI is InChI=1S/C15H16N2O2/c18-15(19)9-11-1-3-12(4-2-11)10-17-8-7-14(16-17)13-5-6-13/h1-4,7-8,13H,5-6,9-10H2,(H,18,19). The summed E-state index contributed by atoms with van der Waals surface area (Å²) in [6.07, 6.45) is 4.62. The first-order chi connectivity index (χ1) is 9.20. The Morgan fingerprint density at radius 3 is 2.53 bits per heavy atom. The molecule has 1 aromatic carbocycles. The van der Waals surface area contributed by atoms with Gasteiger partial charge < -0.3 is 5.11 Å². The highest BCUT2D eigenvalue weighted by atomic mass is 16.4. The highest BCUT2D eigenvalue weighted by Crippen LogP contribution is 2.38. The third-order valence-corrected chi connectivity index (χ3v) is 3.38. The Morgan fingerprint density at radius 2 is 1.89 bits per heavy atom. The Morgan fingerprint density at radius 1 is 1.21 bits per heavy atom. The Kier molecular flexibility index (Phi) is 3.07. The second-order valence-corrected chi connectivity index (χ2v) is 5.10. The largest absolute Gasteiger partial charge is 0.481 e. The molecule has 3 rings (SSSR count). The lowest BCUT2D eigenvalue weighted by Gasteiger charge is -2.03. The van der Waals surface area contributed by atoms with Crippen LogP contribution < -0.4 is 0 Å². The molecule has 4 nitrogen and oxygen atoms in total. The SMILES string of the molecule is O=C(O)Cc1ccc(Cn2ccc(C3CC3)n2)cc1. The van der Waals surface area contributed by atoms with Crippen LogP contribution in [0.2, 0.25) is 0 Å². The van der Waals surface area contributed by atoms with Crippen molar-refractivity contribution in [2.45, 2.75) is 31.7 Å². The van der Waals surface area contributed by atoms with Crippen molar-refractivity contribution < 1.29 is 9.90 Å². The number of hydrogen-bond acceptors (Lipinski definition) is 2. The van der Waals surface area contributed by atoms with Crippen molar-refractivity contribution in [3.8, 4) is 0 Å². The van der Waals surface area contributed by atoms with E-state index in [0.29, 0.717) is 5.92 Å². The van der Waals surface area contributed by atoms with Crippen LogP contribution >= 0.6 is 0 Å². The van der Waals surface area contributed by atoms with Crippen LogP contribution in [-0.2, 0) is 17.8 Å². The topological polar surface area (TPSA) is 55.1 Å². The third kappa shape index (κ3) is 3.02. The van der Waals surface area contributed by atoms with Gasteiger partial charge in [0.15, 0.2) is 0 Å². The third-order valence-electron chi connectivity index (χ3n) is 3.38. The normalized spacial score (nSPS) is 14.5. The molecule has 1 heterocycles. The molecule has 0 amide bonds. The van der Waals surface area contributed by atoms with Gasteiger partial charge in [-0.05, 0) is 30.0 Å². The van der Waals surface area contributed by atoms with Crippen LogP contribution in [0.4, 0.5) is 0 Å². The van der Waals surface area contributed by atoms with E-state index in [1.165, 1.54) is 18.5 Å². The number of carboxylic acid groups (broad SMARTS) is 1. The minimum Gasteiger partial charge on any atom is -0.481 e. The first-order valence-electron chi connectivity index (χ1n) is 6.53. The van der Waals surface area contributed by atoms with E-state index in [9.17, 15) is 4.79 Å². The van der Waals surface area contributed by atoms with E-state index in [2.05, 4.69) is 11.2 Å². The first kappa shape index (κ1) is 12.0. The van der Waals surface area contributed by atoms with Gasteiger partial charge in [0, 0.05) is 12.1 Å². The summed E-state index contributed by atoms with van der Waals surface area (Å²) in [5, 5.41) is 13.3. The lowest BCUT2D eigenvalue weighted by atomic mass is 10.1. The molecule has 1 saturated carbocycles. The van der Waals surface area contributed by atoms with Gasteiger partial charge in [0.05, 0.1) is 18.7 Å². The maximum atomic E-state index is 10.6. The van der Waals surface area contributed by atoms with E-state index >= 15 is 0 Å². The smallest absolute Gasteiger partial charge is 0.307 e. The predicted molar refractivity (Wildman–Crippen MR) is 71.1 cm³/mol. The summed E-state index contributed by atoms with van der Waals surface area (Å²) in [6.45, 7) is 0.736. The second kappa shape index (κ2) is 4.88. The summed E-state index contributed by atoms with van der Waals surface area (Å²) in [5.41, 5.74) is 3.16. The zero-order valence-corrected chi connectivity index (χ0v) is 10.6. The molecule has 4 heteroatoms. The number of hydrogen-bond donors (Lipinski definition) is 1. The molecule has 0 spiro atoms. The second-order valence-electron chi connectivity index (χ2n) is 5.10. The average Bonchev–Trinajstić information content (AvgIpc) is 3.12. The highest BCUT2D eigenvalue weighted by Gasteiger charge is 2.25. The molecule has 1 aliphatic carbocycles. The predicted octanol–water partition coefficient (Wildman–Crippen LogP) is 2.44. The molecule has 98 valence electrons. The first-order valence-corrected chi connectivity index (χ1v) is 6.53. The molecule has 0 saturated heterocycles. The van der Waals surface area contributed by atoms with E-state index in [1.807, 2.05) is 35.1 Å². The van der Waals surface area contributed by atoms with Crippen LogP contribution in [0, 0.1) is 0 Å². The quantitative estimate of drug-likeness (QED) is 0.894. The molecule has 0 atom stereocenters. The van der Waals surface area contributed by atoms with E-state index in [0.717, 1.165) is 17.7 Å². The lowest BCUT2D eigenvalue weighted by molar-refractivity contribution is -0.136. The molecular weight excluding hydrogens is 240 g/mol. The summed E-state index contributed by atoms with van der Waals surface area (Å²) in [7, 11) is 0. The van der Waals surface area contributed by atoms with Gasteiger partial charge >= 0.3 is 5.97 Å². The van der Waals surface area contributed by atoms with Crippen LogP contribution in [0.25, 0.3) is 0 Å². The maximum Gasteiger partial charge on any atom is 0.307 e. The average molecular weight is 256 g/mol. The fourth-order valence-corrected chi connectivity index (χ4v) is 2.19. The minimum atomic E-state index is -0.797. The van der Waals surface area contributed by atoms with Gasteiger partial charge in [0.25, 0.3) is 0 Å². The molecule has 1 aliphatic rings. The maximum absolute atomic E-state index is 10.6. The Labute approximate surface area is 111 Å². The van der Waals surface area contributed by atoms with Gasteiger partial charge in [-0.15, -0.1) is 0 Å². The van der Waals surface area contributed by atoms with Crippen LogP contribution in [0.5, 0.6) is 0 Å². The lowest BCUT2D eigenvalue weighted by Crippen LogP contribution is -2.02. The summed E-state index contributed by atoms with van der Waals surface area (Å²) in [4.78, 5) is 10.6. The number of carboxylic acids is 1. The Bertz CT molecular complexity index is 582. The monoisotopic (exact) mass is 256 g/mol. The van der Waals surface area contributed by atoms with Gasteiger partial charge in [-0.3, -0.25) is 9.48 Å². The zero-order chi connectivity index (χ0) is 13.2. The van der Waals surface area contributed by atoms with Gasteiger partial charge in [0.1, 0.15) is 0 Å². The molecule has 1 aromatic heterocycles. The van der Waals surface area contributed by atoms with Crippen LogP contribution in [0.1, 0.15) is 35.6 Å². The van der Waals surface area contributed by atoms with Crippen LogP contribution in [0.3, 0.4) is 0 Å². The molecule has 0 aliphatic heterocycles. The number of nitrogens with zero attached hydrogens (tertiary/aromatic N) is 2. The van der Waals surface area contributed by atoms with E-state index in [1.54, 1.807) is 0 Å². The van der Waals surface area contributed by atoms with Gasteiger partial charge in [0.2, 0.25) is 0 Å². The van der Waals surface area contributed by atoms with Crippen molar-refractivity contribution in [1.82, 2.24) is 9.78 Å². The summed E-state index contributed by atoms with van der Waals surface area (Å²) < 4.78 is 1.94. The summed E-state index contributed by atoms with van der Waals surface area (Å²) in [5.74, 6) is -0.118. The fraction of sp³-hybridized carbons (Fsp3) is 0.333. The van der Waals surface area contributed by atoms with E-state index < -0.39 is 5.97 Å². The van der Waals surface area contributed by atoms with Crippen molar-refractivity contribution in [3.05, 3.63) is 53.3 Å². The molecule has 1 fully saturated rings. The number of benzene rings is 1. The molecule has 0 unspecified atom stereocenters. The molecule has 0 radical (unpaired) electrons. The number of rotatable bonds is 5. The van der Waals surface area contributed by atoms with E-state index in [-0.39, 0.29) is 6.42 Å². The van der Waals surface area contributed by atoms with Crippen molar-refractivity contribution in [3.63, 3.8) is 0 Å². The minimum absolute atomic E-state index is 0.0773. The van der Waals surface area contributed by atoms with Crippen molar-refractivity contribution >= 4 is 5.97 Å². The Hall–Kier alpha value is -2.10. The number of aromatic nitrogens is 2. The van der Waals surface area contributed by atoms with E-state index in [4.69, 9.17) is 5.11 Å².